The zero-order valence-corrected chi connectivity index (χ0v) is 25.0. The van der Waals surface area contributed by atoms with Gasteiger partial charge in [-0.25, -0.2) is 0 Å². The van der Waals surface area contributed by atoms with Crippen LogP contribution in [0.5, 0.6) is 17.2 Å². The van der Waals surface area contributed by atoms with Crippen molar-refractivity contribution in [3.8, 4) is 17.2 Å². The molecule has 0 fully saturated rings. The van der Waals surface area contributed by atoms with Crippen molar-refractivity contribution in [2.75, 3.05) is 0 Å². The van der Waals surface area contributed by atoms with Crippen molar-refractivity contribution in [3.63, 3.8) is 0 Å². The molecule has 0 saturated carbocycles. The summed E-state index contributed by atoms with van der Waals surface area (Å²) in [6.45, 7) is 14.0. The molecular formula is C28H37N2O4PS2. The van der Waals surface area contributed by atoms with Crippen molar-refractivity contribution in [1.29, 1.82) is 0 Å². The van der Waals surface area contributed by atoms with Gasteiger partial charge in [0.2, 0.25) is 0 Å². The summed E-state index contributed by atoms with van der Waals surface area (Å²) >= 11 is 2.84. The minimum Gasteiger partial charge on any atom is -0.386 e. The van der Waals surface area contributed by atoms with Crippen molar-refractivity contribution < 1.29 is 18.1 Å². The SMILES string of the molecule is CC(C)(N)Sc1cc(C(C)(C)C)cc(SC(C)(C)N)c1OP(=O)(Oc1ccccc1)Oc1ccccc1. The summed E-state index contributed by atoms with van der Waals surface area (Å²) in [5.41, 5.74) is 13.8. The lowest BCUT2D eigenvalue weighted by atomic mass is 9.87. The number of benzene rings is 3. The van der Waals surface area contributed by atoms with E-state index >= 15 is 0 Å². The van der Waals surface area contributed by atoms with Gasteiger partial charge in [0.1, 0.15) is 11.5 Å². The third-order valence-corrected chi connectivity index (χ3v) is 8.13. The van der Waals surface area contributed by atoms with Crippen LogP contribution in [0.4, 0.5) is 0 Å². The van der Waals surface area contributed by atoms with E-state index in [0.29, 0.717) is 17.2 Å². The van der Waals surface area contributed by atoms with Gasteiger partial charge in [-0.3, -0.25) is 0 Å². The first-order valence-electron chi connectivity index (χ1n) is 12.0. The van der Waals surface area contributed by atoms with Crippen LogP contribution < -0.4 is 25.0 Å². The van der Waals surface area contributed by atoms with Crippen molar-refractivity contribution in [2.24, 2.45) is 11.5 Å². The molecule has 4 N–H and O–H groups in total. The molecule has 0 unspecified atom stereocenters. The van der Waals surface area contributed by atoms with E-state index in [4.69, 9.17) is 25.0 Å². The maximum absolute atomic E-state index is 14.3. The second kappa shape index (κ2) is 11.3. The zero-order valence-electron chi connectivity index (χ0n) is 22.5. The predicted octanol–water partition coefficient (Wildman–Crippen LogP) is 8.20. The Morgan fingerprint density at radius 1 is 0.649 bits per heavy atom. The molecule has 6 nitrogen and oxygen atoms in total. The molecule has 3 aromatic carbocycles. The lowest BCUT2D eigenvalue weighted by molar-refractivity contribution is 0.293. The molecule has 0 radical (unpaired) electrons. The Balaban J connectivity index is 2.20. The number of phosphoric ester groups is 1. The van der Waals surface area contributed by atoms with E-state index in [9.17, 15) is 4.57 Å². The first kappa shape index (κ1) is 29.5. The van der Waals surface area contributed by atoms with Crippen LogP contribution in [-0.2, 0) is 9.98 Å². The van der Waals surface area contributed by atoms with Crippen LogP contribution in [0.3, 0.4) is 0 Å². The third-order valence-electron chi connectivity index (χ3n) is 4.76. The maximum atomic E-state index is 14.3. The predicted molar refractivity (Wildman–Crippen MR) is 156 cm³/mol. The van der Waals surface area contributed by atoms with Crippen molar-refractivity contribution in [3.05, 3.63) is 78.4 Å². The van der Waals surface area contributed by atoms with E-state index in [2.05, 4.69) is 20.8 Å². The van der Waals surface area contributed by atoms with Crippen molar-refractivity contribution in [2.45, 2.75) is 73.4 Å². The average Bonchev–Trinajstić information content (AvgIpc) is 2.74. The van der Waals surface area contributed by atoms with Crippen LogP contribution >= 0.6 is 31.3 Å². The number of hydrogen-bond donors (Lipinski definition) is 2. The van der Waals surface area contributed by atoms with Crippen LogP contribution in [0.15, 0.2) is 82.6 Å². The summed E-state index contributed by atoms with van der Waals surface area (Å²) in [7, 11) is -4.23. The Bertz CT molecular complexity index is 1150. The normalized spacial score (nSPS) is 12.8. The van der Waals surface area contributed by atoms with Gasteiger partial charge < -0.3 is 25.0 Å². The topological polar surface area (TPSA) is 96.8 Å². The highest BCUT2D eigenvalue weighted by atomic mass is 32.2. The standard InChI is InChI=1S/C28H37N2O4PS2/c1-26(2,3)20-18-23(36-27(4,5)29)25(24(19-20)37-28(6,7)30)34-35(31,32-21-14-10-8-11-15-21)33-22-16-12-9-13-17-22/h8-19H,29-30H2,1-7H3. The lowest BCUT2D eigenvalue weighted by Gasteiger charge is -2.29. The Labute approximate surface area is 229 Å². The molecule has 0 saturated heterocycles. The maximum Gasteiger partial charge on any atom is 0.647 e. The summed E-state index contributed by atoms with van der Waals surface area (Å²) in [5.74, 6) is 1.07. The molecule has 37 heavy (non-hydrogen) atoms. The van der Waals surface area contributed by atoms with Crippen LogP contribution in [0, 0.1) is 0 Å². The summed E-state index contributed by atoms with van der Waals surface area (Å²) < 4.78 is 32.4. The molecule has 0 amide bonds. The Morgan fingerprint density at radius 3 is 1.35 bits per heavy atom. The highest BCUT2D eigenvalue weighted by Gasteiger charge is 2.37. The molecule has 0 bridgehead atoms. The van der Waals surface area contributed by atoms with E-state index < -0.39 is 17.6 Å². The van der Waals surface area contributed by atoms with Gasteiger partial charge in [0.15, 0.2) is 5.75 Å². The highest BCUT2D eigenvalue weighted by Crippen LogP contribution is 2.55. The number of thioether (sulfide) groups is 2. The van der Waals surface area contributed by atoms with Gasteiger partial charge in [-0.2, -0.15) is 4.57 Å². The fourth-order valence-electron chi connectivity index (χ4n) is 3.21. The average molecular weight is 561 g/mol. The molecular weight excluding hydrogens is 523 g/mol. The van der Waals surface area contributed by atoms with Gasteiger partial charge in [0.05, 0.1) is 19.5 Å². The van der Waals surface area contributed by atoms with Crippen molar-refractivity contribution in [1.82, 2.24) is 0 Å². The molecule has 3 rings (SSSR count). The molecule has 0 aliphatic rings. The molecule has 0 aliphatic carbocycles. The van der Waals surface area contributed by atoms with E-state index in [1.165, 1.54) is 23.5 Å². The minimum absolute atomic E-state index is 0.161. The monoisotopic (exact) mass is 560 g/mol. The van der Waals surface area contributed by atoms with E-state index in [-0.39, 0.29) is 5.41 Å². The minimum atomic E-state index is -4.23. The van der Waals surface area contributed by atoms with E-state index in [1.54, 1.807) is 48.5 Å². The highest BCUT2D eigenvalue weighted by molar-refractivity contribution is 8.01. The first-order valence-corrected chi connectivity index (χ1v) is 15.1. The molecule has 0 atom stereocenters. The number of rotatable bonds is 10. The van der Waals surface area contributed by atoms with Crippen LogP contribution in [0.1, 0.15) is 54.0 Å². The van der Waals surface area contributed by atoms with E-state index in [0.717, 1.165) is 15.4 Å². The molecule has 0 heterocycles. The Hall–Kier alpha value is -2.09. The lowest BCUT2D eigenvalue weighted by Crippen LogP contribution is -2.28. The number of phosphoric acid groups is 1. The summed E-state index contributed by atoms with van der Waals surface area (Å²) in [4.78, 5) is 0.166. The van der Waals surface area contributed by atoms with Crippen molar-refractivity contribution >= 4 is 31.3 Å². The van der Waals surface area contributed by atoms with Crippen LogP contribution in [0.2, 0.25) is 0 Å². The third kappa shape index (κ3) is 9.31. The molecule has 0 spiro atoms. The van der Waals surface area contributed by atoms with Gasteiger partial charge in [0, 0.05) is 0 Å². The Morgan fingerprint density at radius 2 is 1.03 bits per heavy atom. The summed E-state index contributed by atoms with van der Waals surface area (Å²) in [6, 6.07) is 21.7. The molecule has 0 aliphatic heterocycles. The van der Waals surface area contributed by atoms with Crippen LogP contribution in [-0.4, -0.2) is 9.74 Å². The van der Waals surface area contributed by atoms with Gasteiger partial charge >= 0.3 is 7.82 Å². The quantitative estimate of drug-likeness (QED) is 0.145. The molecule has 0 aromatic heterocycles. The van der Waals surface area contributed by atoms with Crippen LogP contribution in [0.25, 0.3) is 0 Å². The molecule has 200 valence electrons. The van der Waals surface area contributed by atoms with Gasteiger partial charge in [-0.1, -0.05) is 57.2 Å². The second-order valence-electron chi connectivity index (χ2n) is 10.8. The summed E-state index contributed by atoms with van der Waals surface area (Å²) in [5, 5.41) is 0. The number of nitrogens with two attached hydrogens (primary N) is 2. The molecule has 3 aromatic rings. The van der Waals surface area contributed by atoms with Gasteiger partial charge in [0.25, 0.3) is 0 Å². The first-order chi connectivity index (χ1) is 17.0. The Kier molecular flexibility index (Phi) is 9.03. The fraction of sp³-hybridized carbons (Fsp3) is 0.357. The summed E-state index contributed by atoms with van der Waals surface area (Å²) in [6.07, 6.45) is 0. The largest absolute Gasteiger partial charge is 0.647 e. The second-order valence-corrected chi connectivity index (χ2v) is 15.6. The molecule has 9 heteroatoms. The van der Waals surface area contributed by atoms with Gasteiger partial charge in [-0.15, -0.1) is 23.5 Å². The zero-order chi connectivity index (χ0) is 27.5. The fourth-order valence-corrected chi connectivity index (χ4v) is 6.68. The van der Waals surface area contributed by atoms with E-state index in [1.807, 2.05) is 52.0 Å². The van der Waals surface area contributed by atoms with Gasteiger partial charge in [-0.05, 0) is 75.1 Å². The number of hydrogen-bond acceptors (Lipinski definition) is 8. The number of para-hydroxylation sites is 2. The smallest absolute Gasteiger partial charge is 0.386 e.